The first-order valence-electron chi connectivity index (χ1n) is 10.9. The number of hydrogen-bond donors (Lipinski definition) is 1. The second-order valence-corrected chi connectivity index (χ2v) is 7.79. The van der Waals surface area contributed by atoms with E-state index in [-0.39, 0.29) is 11.7 Å². The van der Waals surface area contributed by atoms with Crippen LogP contribution in [0.3, 0.4) is 0 Å². The molecule has 162 valence electrons. The molecule has 0 amide bonds. The van der Waals surface area contributed by atoms with Crippen LogP contribution in [0.2, 0.25) is 0 Å². The van der Waals surface area contributed by atoms with Gasteiger partial charge in [-0.1, -0.05) is 86.1 Å². The van der Waals surface area contributed by atoms with Crippen molar-refractivity contribution in [3.63, 3.8) is 0 Å². The summed E-state index contributed by atoms with van der Waals surface area (Å²) in [7, 11) is 0. The molecule has 0 saturated carbocycles. The fourth-order valence-electron chi connectivity index (χ4n) is 3.59. The summed E-state index contributed by atoms with van der Waals surface area (Å²) in [6.07, 6.45) is 2.29. The van der Waals surface area contributed by atoms with Crippen molar-refractivity contribution in [2.45, 2.75) is 45.3 Å². The maximum Gasteiger partial charge on any atom is 0.323 e. The molecule has 31 heavy (non-hydrogen) atoms. The number of phenolic OH excluding ortho intramolecular Hbond substituents is 1. The summed E-state index contributed by atoms with van der Waals surface area (Å²) >= 11 is 0. The summed E-state index contributed by atoms with van der Waals surface area (Å²) in [4.78, 5) is 15.4. The minimum Gasteiger partial charge on any atom is -0.508 e. The molecular formula is C27H31NO3. The molecule has 0 aliphatic rings. The summed E-state index contributed by atoms with van der Waals surface area (Å²) in [6.45, 7) is 3.76. The molecule has 3 aromatic carbocycles. The second kappa shape index (κ2) is 11.9. The molecule has 0 saturated heterocycles. The third-order valence-electron chi connectivity index (χ3n) is 5.25. The molecule has 0 aliphatic carbocycles. The minimum absolute atomic E-state index is 0.202. The molecule has 1 N–H and O–H groups in total. The fourth-order valence-corrected chi connectivity index (χ4v) is 3.59. The number of nitrogens with zero attached hydrogens (tertiary/aromatic N) is 1. The zero-order valence-electron chi connectivity index (χ0n) is 18.1. The number of hydrogen-bond acceptors (Lipinski definition) is 4. The number of aromatic hydroxyl groups is 1. The minimum atomic E-state index is -0.459. The predicted octanol–water partition coefficient (Wildman–Crippen LogP) is 5.35. The van der Waals surface area contributed by atoms with Crippen molar-refractivity contribution in [2.75, 3.05) is 6.61 Å². The number of phenols is 1. The first kappa shape index (κ1) is 22.6. The average Bonchev–Trinajstić information content (AvgIpc) is 2.79. The SMILES string of the molecule is CCCCOC(=O)C(Cc1cccc(O)c1)N(Cc1ccccc1)Cc1ccccc1. The average molecular weight is 418 g/mol. The quantitative estimate of drug-likeness (QED) is 0.338. The van der Waals surface area contributed by atoms with Gasteiger partial charge in [0.2, 0.25) is 0 Å². The largest absolute Gasteiger partial charge is 0.508 e. The lowest BCUT2D eigenvalue weighted by Crippen LogP contribution is -2.43. The molecule has 0 heterocycles. The molecular weight excluding hydrogens is 386 g/mol. The number of carbonyl (C=O) groups excluding carboxylic acids is 1. The van der Waals surface area contributed by atoms with Crippen LogP contribution in [0.5, 0.6) is 5.75 Å². The second-order valence-electron chi connectivity index (χ2n) is 7.79. The van der Waals surface area contributed by atoms with Crippen LogP contribution >= 0.6 is 0 Å². The Hall–Kier alpha value is -3.11. The van der Waals surface area contributed by atoms with E-state index in [0.717, 1.165) is 29.5 Å². The van der Waals surface area contributed by atoms with Gasteiger partial charge in [-0.2, -0.15) is 0 Å². The van der Waals surface area contributed by atoms with E-state index >= 15 is 0 Å². The van der Waals surface area contributed by atoms with Crippen LogP contribution in [-0.2, 0) is 29.0 Å². The monoisotopic (exact) mass is 417 g/mol. The lowest BCUT2D eigenvalue weighted by Gasteiger charge is -2.30. The topological polar surface area (TPSA) is 49.8 Å². The van der Waals surface area contributed by atoms with Gasteiger partial charge in [-0.05, 0) is 41.7 Å². The molecule has 0 fully saturated rings. The highest BCUT2D eigenvalue weighted by atomic mass is 16.5. The Morgan fingerprint density at radius 1 is 0.871 bits per heavy atom. The van der Waals surface area contributed by atoms with Gasteiger partial charge in [0.25, 0.3) is 0 Å². The van der Waals surface area contributed by atoms with Gasteiger partial charge in [-0.3, -0.25) is 9.69 Å². The van der Waals surface area contributed by atoms with Crippen molar-refractivity contribution in [1.82, 2.24) is 4.90 Å². The molecule has 0 radical (unpaired) electrons. The van der Waals surface area contributed by atoms with Crippen molar-refractivity contribution < 1.29 is 14.6 Å². The van der Waals surface area contributed by atoms with Gasteiger partial charge in [0.1, 0.15) is 11.8 Å². The van der Waals surface area contributed by atoms with Gasteiger partial charge in [-0.25, -0.2) is 0 Å². The Balaban J connectivity index is 1.89. The van der Waals surface area contributed by atoms with Crippen molar-refractivity contribution in [2.24, 2.45) is 0 Å². The van der Waals surface area contributed by atoms with Crippen LogP contribution in [0.1, 0.15) is 36.5 Å². The van der Waals surface area contributed by atoms with Crippen LogP contribution in [0.15, 0.2) is 84.9 Å². The van der Waals surface area contributed by atoms with E-state index in [1.165, 1.54) is 0 Å². The predicted molar refractivity (Wildman–Crippen MR) is 124 cm³/mol. The van der Waals surface area contributed by atoms with Crippen molar-refractivity contribution >= 4 is 5.97 Å². The van der Waals surface area contributed by atoms with Gasteiger partial charge < -0.3 is 9.84 Å². The molecule has 0 spiro atoms. The molecule has 0 aliphatic heterocycles. The number of esters is 1. The Labute approximate surface area is 185 Å². The van der Waals surface area contributed by atoms with Crippen molar-refractivity contribution in [1.29, 1.82) is 0 Å². The van der Waals surface area contributed by atoms with Crippen LogP contribution in [0.4, 0.5) is 0 Å². The van der Waals surface area contributed by atoms with E-state index in [1.807, 2.05) is 48.5 Å². The van der Waals surface area contributed by atoms with Gasteiger partial charge in [0.15, 0.2) is 0 Å². The number of rotatable bonds is 11. The van der Waals surface area contributed by atoms with Crippen LogP contribution < -0.4 is 0 Å². The highest BCUT2D eigenvalue weighted by Gasteiger charge is 2.28. The van der Waals surface area contributed by atoms with E-state index in [0.29, 0.717) is 26.1 Å². The summed E-state index contributed by atoms with van der Waals surface area (Å²) in [6, 6.07) is 27.0. The molecule has 3 aromatic rings. The smallest absolute Gasteiger partial charge is 0.323 e. The Morgan fingerprint density at radius 2 is 1.45 bits per heavy atom. The van der Waals surface area contributed by atoms with E-state index in [9.17, 15) is 9.90 Å². The number of benzene rings is 3. The van der Waals surface area contributed by atoms with Crippen molar-refractivity contribution in [3.8, 4) is 5.75 Å². The Morgan fingerprint density at radius 3 is 2.00 bits per heavy atom. The van der Waals surface area contributed by atoms with Gasteiger partial charge in [-0.15, -0.1) is 0 Å². The molecule has 1 unspecified atom stereocenters. The molecule has 4 heteroatoms. The Bertz CT molecular complexity index is 886. The van der Waals surface area contributed by atoms with E-state index < -0.39 is 6.04 Å². The van der Waals surface area contributed by atoms with Crippen LogP contribution in [-0.4, -0.2) is 28.6 Å². The molecule has 0 bridgehead atoms. The van der Waals surface area contributed by atoms with E-state index in [4.69, 9.17) is 4.74 Å². The lowest BCUT2D eigenvalue weighted by molar-refractivity contribution is -0.150. The van der Waals surface area contributed by atoms with Gasteiger partial charge >= 0.3 is 5.97 Å². The summed E-state index contributed by atoms with van der Waals surface area (Å²) in [5.41, 5.74) is 3.19. The summed E-state index contributed by atoms with van der Waals surface area (Å²) in [5, 5.41) is 9.92. The lowest BCUT2D eigenvalue weighted by atomic mass is 10.0. The van der Waals surface area contributed by atoms with Crippen LogP contribution in [0.25, 0.3) is 0 Å². The molecule has 4 nitrogen and oxygen atoms in total. The third-order valence-corrected chi connectivity index (χ3v) is 5.25. The zero-order valence-corrected chi connectivity index (χ0v) is 18.1. The Kier molecular flexibility index (Phi) is 8.68. The molecule has 3 rings (SSSR count). The standard InChI is InChI=1S/C27H31NO3/c1-2-3-17-31-27(30)26(19-24-15-10-16-25(29)18-24)28(20-22-11-6-4-7-12-22)21-23-13-8-5-9-14-23/h4-16,18,26,29H,2-3,17,19-21H2,1H3. The fraction of sp³-hybridized carbons (Fsp3) is 0.296. The molecule has 1 atom stereocenters. The zero-order chi connectivity index (χ0) is 21.9. The first-order chi connectivity index (χ1) is 15.2. The van der Waals surface area contributed by atoms with Crippen LogP contribution in [0, 0.1) is 0 Å². The number of carbonyl (C=O) groups is 1. The normalized spacial score (nSPS) is 11.9. The van der Waals surface area contributed by atoms with Gasteiger partial charge in [0.05, 0.1) is 6.61 Å². The van der Waals surface area contributed by atoms with Gasteiger partial charge in [0, 0.05) is 13.1 Å². The summed E-state index contributed by atoms with van der Waals surface area (Å²) in [5.74, 6) is -0.0167. The van der Waals surface area contributed by atoms with E-state index in [1.54, 1.807) is 12.1 Å². The summed E-state index contributed by atoms with van der Waals surface area (Å²) < 4.78 is 5.66. The maximum absolute atomic E-state index is 13.2. The van der Waals surface area contributed by atoms with E-state index in [2.05, 4.69) is 36.1 Å². The third kappa shape index (κ3) is 7.26. The first-order valence-corrected chi connectivity index (χ1v) is 10.9. The molecule has 0 aromatic heterocycles. The maximum atomic E-state index is 13.2. The number of ether oxygens (including phenoxy) is 1. The van der Waals surface area contributed by atoms with Crippen molar-refractivity contribution in [3.05, 3.63) is 102 Å². The highest BCUT2D eigenvalue weighted by Crippen LogP contribution is 2.20. The highest BCUT2D eigenvalue weighted by molar-refractivity contribution is 5.76. The number of unbranched alkanes of at least 4 members (excludes halogenated alkanes) is 1.